The molecule has 0 aromatic carbocycles. The van der Waals surface area contributed by atoms with Crippen LogP contribution in [0.1, 0.15) is 35.6 Å². The van der Waals surface area contributed by atoms with Crippen molar-refractivity contribution in [3.8, 4) is 11.3 Å². The third kappa shape index (κ3) is 2.83. The van der Waals surface area contributed by atoms with E-state index in [0.29, 0.717) is 16.8 Å². The molecule has 6 nitrogen and oxygen atoms in total. The van der Waals surface area contributed by atoms with Gasteiger partial charge in [0.2, 0.25) is 0 Å². The second kappa shape index (κ2) is 5.65. The first-order valence-electron chi connectivity index (χ1n) is 7.52. The van der Waals surface area contributed by atoms with Crippen LogP contribution < -0.4 is 5.73 Å². The molecule has 0 bridgehead atoms. The Balaban J connectivity index is 2.17. The van der Waals surface area contributed by atoms with Crippen molar-refractivity contribution >= 4 is 16.7 Å². The van der Waals surface area contributed by atoms with Gasteiger partial charge in [0.05, 0.1) is 11.4 Å². The highest BCUT2D eigenvalue weighted by atomic mass is 16.3. The Morgan fingerprint density at radius 2 is 1.92 bits per heavy atom. The van der Waals surface area contributed by atoms with E-state index in [4.69, 9.17) is 5.73 Å². The zero-order chi connectivity index (χ0) is 17.5. The maximum Gasteiger partial charge on any atom is 0.267 e. The topological polar surface area (TPSA) is 102 Å². The average molecular weight is 322 g/mol. The summed E-state index contributed by atoms with van der Waals surface area (Å²) in [6.07, 6.45) is 4.90. The lowest BCUT2D eigenvalue weighted by Crippen LogP contribution is -2.17. The summed E-state index contributed by atoms with van der Waals surface area (Å²) in [5.41, 5.74) is 7.62. The molecule has 3 N–H and O–H groups in total. The van der Waals surface area contributed by atoms with Gasteiger partial charge >= 0.3 is 0 Å². The molecule has 0 saturated heterocycles. The molecule has 0 aliphatic heterocycles. The molecule has 3 rings (SSSR count). The SMILES string of the molecule is Cc1cc(C(C)(C)O)ncc1-c1cc2c(C(N)=O)nccc2cn1. The number of carbonyl (C=O) groups excluding carboxylic acids is 1. The summed E-state index contributed by atoms with van der Waals surface area (Å²) in [4.78, 5) is 24.4. The second-order valence-electron chi connectivity index (χ2n) is 6.26. The van der Waals surface area contributed by atoms with Gasteiger partial charge in [-0.05, 0) is 44.5 Å². The Morgan fingerprint density at radius 3 is 2.54 bits per heavy atom. The third-order valence-corrected chi connectivity index (χ3v) is 3.89. The van der Waals surface area contributed by atoms with E-state index in [1.165, 1.54) is 6.20 Å². The zero-order valence-electron chi connectivity index (χ0n) is 13.7. The van der Waals surface area contributed by atoms with Crippen LogP contribution in [0.25, 0.3) is 22.0 Å². The largest absolute Gasteiger partial charge is 0.384 e. The molecule has 0 aliphatic carbocycles. The fraction of sp³-hybridized carbons (Fsp3) is 0.222. The van der Waals surface area contributed by atoms with Crippen LogP contribution in [0.4, 0.5) is 0 Å². The number of nitrogens with zero attached hydrogens (tertiary/aromatic N) is 3. The fourth-order valence-corrected chi connectivity index (χ4v) is 2.57. The lowest BCUT2D eigenvalue weighted by molar-refractivity contribution is 0.0738. The molecule has 3 aromatic heterocycles. The van der Waals surface area contributed by atoms with Crippen LogP contribution >= 0.6 is 0 Å². The number of fused-ring (bicyclic) bond motifs is 1. The van der Waals surface area contributed by atoms with Crippen molar-refractivity contribution in [2.45, 2.75) is 26.4 Å². The van der Waals surface area contributed by atoms with Gasteiger partial charge in [0.25, 0.3) is 5.91 Å². The molecule has 6 heteroatoms. The predicted molar refractivity (Wildman–Crippen MR) is 91.3 cm³/mol. The summed E-state index contributed by atoms with van der Waals surface area (Å²) >= 11 is 0. The van der Waals surface area contributed by atoms with Crippen molar-refractivity contribution in [2.75, 3.05) is 0 Å². The van der Waals surface area contributed by atoms with Crippen molar-refractivity contribution in [2.24, 2.45) is 5.73 Å². The van der Waals surface area contributed by atoms with Crippen molar-refractivity contribution in [3.05, 3.63) is 53.7 Å². The van der Waals surface area contributed by atoms with Crippen molar-refractivity contribution in [1.82, 2.24) is 15.0 Å². The molecule has 3 heterocycles. The van der Waals surface area contributed by atoms with Crippen LogP contribution in [0.15, 0.2) is 36.8 Å². The number of nitrogens with two attached hydrogens (primary N) is 1. The first kappa shape index (κ1) is 16.0. The Labute approximate surface area is 139 Å². The van der Waals surface area contributed by atoms with Crippen LogP contribution in [0.3, 0.4) is 0 Å². The van der Waals surface area contributed by atoms with E-state index < -0.39 is 11.5 Å². The molecule has 0 saturated carbocycles. The quantitative estimate of drug-likeness (QED) is 0.770. The van der Waals surface area contributed by atoms with E-state index in [1.54, 1.807) is 38.4 Å². The molecule has 0 fully saturated rings. The monoisotopic (exact) mass is 322 g/mol. The highest BCUT2D eigenvalue weighted by molar-refractivity contribution is 6.05. The molecule has 1 amide bonds. The number of aryl methyl sites for hydroxylation is 1. The van der Waals surface area contributed by atoms with Crippen LogP contribution in [-0.2, 0) is 5.60 Å². The highest BCUT2D eigenvalue weighted by Crippen LogP contribution is 2.28. The van der Waals surface area contributed by atoms with Gasteiger partial charge in [0, 0.05) is 34.9 Å². The Bertz CT molecular complexity index is 945. The molecule has 3 aromatic rings. The molecule has 122 valence electrons. The van der Waals surface area contributed by atoms with Crippen molar-refractivity contribution < 1.29 is 9.90 Å². The summed E-state index contributed by atoms with van der Waals surface area (Å²) in [7, 11) is 0. The smallest absolute Gasteiger partial charge is 0.267 e. The average Bonchev–Trinajstić information content (AvgIpc) is 2.52. The van der Waals surface area contributed by atoms with E-state index in [1.807, 2.05) is 13.0 Å². The maximum absolute atomic E-state index is 11.6. The zero-order valence-corrected chi connectivity index (χ0v) is 13.7. The number of aromatic nitrogens is 3. The van der Waals surface area contributed by atoms with Gasteiger partial charge < -0.3 is 10.8 Å². The minimum absolute atomic E-state index is 0.217. The fourth-order valence-electron chi connectivity index (χ4n) is 2.57. The van der Waals surface area contributed by atoms with Crippen LogP contribution in [-0.4, -0.2) is 26.0 Å². The van der Waals surface area contributed by atoms with Gasteiger partial charge in [-0.1, -0.05) is 0 Å². The number of pyridine rings is 3. The number of carbonyl (C=O) groups is 1. The molecule has 0 unspecified atom stereocenters. The molecule has 0 radical (unpaired) electrons. The number of rotatable bonds is 3. The first-order valence-corrected chi connectivity index (χ1v) is 7.52. The standard InChI is InChI=1S/C18H18N4O2/c1-10-6-15(18(2,3)24)22-9-13(10)14-7-12-11(8-21-14)4-5-20-16(12)17(19)23/h4-9,24H,1-3H3,(H2,19,23). The number of amides is 1. The molecule has 0 atom stereocenters. The third-order valence-electron chi connectivity index (χ3n) is 3.89. The lowest BCUT2D eigenvalue weighted by atomic mass is 9.99. The molecule has 0 spiro atoms. The summed E-state index contributed by atoms with van der Waals surface area (Å²) in [6.45, 7) is 5.30. The van der Waals surface area contributed by atoms with Gasteiger partial charge in [-0.25, -0.2) is 0 Å². The second-order valence-corrected chi connectivity index (χ2v) is 6.26. The van der Waals surface area contributed by atoms with Gasteiger partial charge in [0.15, 0.2) is 0 Å². The number of primary amides is 1. The molecule has 0 aliphatic rings. The van der Waals surface area contributed by atoms with E-state index >= 15 is 0 Å². The summed E-state index contributed by atoms with van der Waals surface area (Å²) in [5, 5.41) is 11.5. The van der Waals surface area contributed by atoms with Gasteiger partial charge in [0.1, 0.15) is 11.3 Å². The summed E-state index contributed by atoms with van der Waals surface area (Å²) < 4.78 is 0. The summed E-state index contributed by atoms with van der Waals surface area (Å²) in [6, 6.07) is 5.40. The number of hydrogen-bond acceptors (Lipinski definition) is 5. The van der Waals surface area contributed by atoms with Crippen molar-refractivity contribution in [3.63, 3.8) is 0 Å². The number of hydrogen-bond donors (Lipinski definition) is 2. The minimum atomic E-state index is -1.01. The highest BCUT2D eigenvalue weighted by Gasteiger charge is 2.19. The Morgan fingerprint density at radius 1 is 1.17 bits per heavy atom. The minimum Gasteiger partial charge on any atom is -0.384 e. The molecular weight excluding hydrogens is 304 g/mol. The lowest BCUT2D eigenvalue weighted by Gasteiger charge is -2.18. The van der Waals surface area contributed by atoms with E-state index in [0.717, 1.165) is 16.5 Å². The van der Waals surface area contributed by atoms with Crippen LogP contribution in [0.2, 0.25) is 0 Å². The van der Waals surface area contributed by atoms with Crippen molar-refractivity contribution in [1.29, 1.82) is 0 Å². The molecule has 24 heavy (non-hydrogen) atoms. The van der Waals surface area contributed by atoms with E-state index in [2.05, 4.69) is 15.0 Å². The van der Waals surface area contributed by atoms with Crippen LogP contribution in [0, 0.1) is 6.92 Å². The molecular formula is C18H18N4O2. The van der Waals surface area contributed by atoms with Gasteiger partial charge in [-0.15, -0.1) is 0 Å². The first-order chi connectivity index (χ1) is 11.3. The normalized spacial score (nSPS) is 11.7. The maximum atomic E-state index is 11.6. The number of aliphatic hydroxyl groups is 1. The Hall–Kier alpha value is -2.86. The predicted octanol–water partition coefficient (Wildman–Crippen LogP) is 2.33. The van der Waals surface area contributed by atoms with E-state index in [9.17, 15) is 9.90 Å². The Kier molecular flexibility index (Phi) is 3.77. The van der Waals surface area contributed by atoms with Gasteiger partial charge in [-0.3, -0.25) is 19.7 Å². The van der Waals surface area contributed by atoms with Crippen LogP contribution in [0.5, 0.6) is 0 Å². The van der Waals surface area contributed by atoms with E-state index in [-0.39, 0.29) is 5.69 Å². The van der Waals surface area contributed by atoms with Gasteiger partial charge in [-0.2, -0.15) is 0 Å². The summed E-state index contributed by atoms with van der Waals surface area (Å²) in [5.74, 6) is -0.579.